The van der Waals surface area contributed by atoms with Gasteiger partial charge in [0.1, 0.15) is 0 Å². The second-order valence-electron chi connectivity index (χ2n) is 2.70. The van der Waals surface area contributed by atoms with Crippen molar-refractivity contribution < 1.29 is 0 Å². The van der Waals surface area contributed by atoms with Gasteiger partial charge in [0.25, 0.3) is 0 Å². The molecule has 0 unspecified atom stereocenters. The van der Waals surface area contributed by atoms with Gasteiger partial charge in [-0.2, -0.15) is 0 Å². The summed E-state index contributed by atoms with van der Waals surface area (Å²) in [5.74, 6) is 0. The van der Waals surface area contributed by atoms with Gasteiger partial charge in [-0.1, -0.05) is 0 Å². The summed E-state index contributed by atoms with van der Waals surface area (Å²) in [6, 6.07) is 0. The topological polar surface area (TPSA) is 51.8 Å². The summed E-state index contributed by atoms with van der Waals surface area (Å²) in [6.07, 6.45) is 1.85. The summed E-state index contributed by atoms with van der Waals surface area (Å²) in [5.41, 5.74) is 6.59. The number of aromatic nitrogens is 2. The molecule has 0 spiro atoms. The third kappa shape index (κ3) is 1.57. The van der Waals surface area contributed by atoms with Crippen molar-refractivity contribution in [3.05, 3.63) is 16.1 Å². The maximum absolute atomic E-state index is 5.62. The summed E-state index contributed by atoms with van der Waals surface area (Å²) in [7, 11) is 0. The van der Waals surface area contributed by atoms with Crippen LogP contribution in [0.5, 0.6) is 0 Å². The van der Waals surface area contributed by atoms with E-state index in [2.05, 4.69) is 9.97 Å². The van der Waals surface area contributed by atoms with E-state index in [1.54, 1.807) is 11.3 Å². The number of aryl methyl sites for hydroxylation is 2. The zero-order valence-electron chi connectivity index (χ0n) is 7.37. The Morgan fingerprint density at radius 3 is 2.54 bits per heavy atom. The van der Waals surface area contributed by atoms with Crippen molar-refractivity contribution >= 4 is 27.8 Å². The number of hydrogen-bond acceptors (Lipinski definition) is 5. The molecule has 0 bridgehead atoms. The van der Waals surface area contributed by atoms with Gasteiger partial charge in [0.15, 0.2) is 5.13 Å². The Balaban J connectivity index is 2.51. The van der Waals surface area contributed by atoms with E-state index in [4.69, 9.17) is 5.73 Å². The predicted molar refractivity (Wildman–Crippen MR) is 57.1 cm³/mol. The molecule has 3 nitrogen and oxygen atoms in total. The van der Waals surface area contributed by atoms with Gasteiger partial charge in [-0.3, -0.25) is 0 Å². The van der Waals surface area contributed by atoms with Gasteiger partial charge in [-0.15, -0.1) is 22.7 Å². The Labute approximate surface area is 84.3 Å². The van der Waals surface area contributed by atoms with Crippen LogP contribution in [0, 0.1) is 13.8 Å². The minimum absolute atomic E-state index is 0.624. The Bertz CT molecular complexity index is 430. The molecule has 0 amide bonds. The SMILES string of the molecule is Cc1ncc(-c2nc(N)sc2C)s1. The average molecular weight is 211 g/mol. The van der Waals surface area contributed by atoms with Gasteiger partial charge in [0, 0.05) is 11.1 Å². The van der Waals surface area contributed by atoms with Crippen LogP contribution in [-0.4, -0.2) is 9.97 Å². The van der Waals surface area contributed by atoms with Crippen LogP contribution >= 0.6 is 22.7 Å². The number of nitrogen functional groups attached to an aromatic ring is 1. The number of hydrogen-bond donors (Lipinski definition) is 1. The van der Waals surface area contributed by atoms with Gasteiger partial charge < -0.3 is 5.73 Å². The molecule has 0 aliphatic carbocycles. The first-order valence-electron chi connectivity index (χ1n) is 3.82. The van der Waals surface area contributed by atoms with Crippen LogP contribution in [0.1, 0.15) is 9.88 Å². The van der Waals surface area contributed by atoms with Gasteiger partial charge in [0.05, 0.1) is 15.6 Å². The second kappa shape index (κ2) is 3.08. The second-order valence-corrected chi connectivity index (χ2v) is 5.17. The molecule has 0 radical (unpaired) electrons. The third-order valence-electron chi connectivity index (χ3n) is 1.67. The molecule has 5 heteroatoms. The van der Waals surface area contributed by atoms with Crippen molar-refractivity contribution in [3.8, 4) is 10.6 Å². The van der Waals surface area contributed by atoms with Crippen molar-refractivity contribution in [3.63, 3.8) is 0 Å². The molecule has 0 aliphatic rings. The molecule has 13 heavy (non-hydrogen) atoms. The number of thiazole rings is 2. The lowest BCUT2D eigenvalue weighted by Gasteiger charge is -1.89. The monoisotopic (exact) mass is 211 g/mol. The van der Waals surface area contributed by atoms with E-state index in [0.29, 0.717) is 5.13 Å². The summed E-state index contributed by atoms with van der Waals surface area (Å²) in [5, 5.41) is 1.68. The molecule has 0 aromatic carbocycles. The molecule has 2 N–H and O–H groups in total. The van der Waals surface area contributed by atoms with E-state index in [-0.39, 0.29) is 0 Å². The first-order chi connectivity index (χ1) is 6.16. The number of nitrogens with zero attached hydrogens (tertiary/aromatic N) is 2. The van der Waals surface area contributed by atoms with E-state index in [0.717, 1.165) is 20.5 Å². The lowest BCUT2D eigenvalue weighted by Crippen LogP contribution is -1.81. The fourth-order valence-electron chi connectivity index (χ4n) is 1.12. The highest BCUT2D eigenvalue weighted by Crippen LogP contribution is 2.31. The van der Waals surface area contributed by atoms with Crippen molar-refractivity contribution in [1.29, 1.82) is 0 Å². The van der Waals surface area contributed by atoms with Crippen LogP contribution in [0.3, 0.4) is 0 Å². The van der Waals surface area contributed by atoms with Gasteiger partial charge >= 0.3 is 0 Å². The summed E-state index contributed by atoms with van der Waals surface area (Å²) in [4.78, 5) is 10.7. The van der Waals surface area contributed by atoms with Crippen LogP contribution in [0.2, 0.25) is 0 Å². The maximum atomic E-state index is 5.62. The molecule has 2 aromatic heterocycles. The van der Waals surface area contributed by atoms with Crippen molar-refractivity contribution in [1.82, 2.24) is 9.97 Å². The minimum atomic E-state index is 0.624. The molecule has 0 saturated heterocycles. The summed E-state index contributed by atoms with van der Waals surface area (Å²) >= 11 is 3.16. The minimum Gasteiger partial charge on any atom is -0.375 e. The predicted octanol–water partition coefficient (Wildman–Crippen LogP) is 2.47. The van der Waals surface area contributed by atoms with Crippen LogP contribution < -0.4 is 5.73 Å². The highest BCUT2D eigenvalue weighted by molar-refractivity contribution is 7.17. The Hall–Kier alpha value is -0.940. The highest BCUT2D eigenvalue weighted by Gasteiger charge is 2.09. The Morgan fingerprint density at radius 2 is 2.08 bits per heavy atom. The highest BCUT2D eigenvalue weighted by atomic mass is 32.1. The Morgan fingerprint density at radius 1 is 1.31 bits per heavy atom. The molecule has 68 valence electrons. The van der Waals surface area contributed by atoms with E-state index in [1.165, 1.54) is 11.3 Å². The first-order valence-corrected chi connectivity index (χ1v) is 5.46. The van der Waals surface area contributed by atoms with Crippen molar-refractivity contribution in [2.24, 2.45) is 0 Å². The Kier molecular flexibility index (Phi) is 2.05. The normalized spacial score (nSPS) is 10.6. The van der Waals surface area contributed by atoms with E-state index < -0.39 is 0 Å². The molecular weight excluding hydrogens is 202 g/mol. The fourth-order valence-corrected chi connectivity index (χ4v) is 2.71. The number of rotatable bonds is 1. The van der Waals surface area contributed by atoms with E-state index in [1.807, 2.05) is 20.0 Å². The van der Waals surface area contributed by atoms with Crippen LogP contribution in [0.15, 0.2) is 6.20 Å². The van der Waals surface area contributed by atoms with Crippen molar-refractivity contribution in [2.45, 2.75) is 13.8 Å². The first kappa shape index (κ1) is 8.65. The van der Waals surface area contributed by atoms with Crippen molar-refractivity contribution in [2.75, 3.05) is 5.73 Å². The van der Waals surface area contributed by atoms with E-state index >= 15 is 0 Å². The van der Waals surface area contributed by atoms with Gasteiger partial charge in [0.2, 0.25) is 0 Å². The molecular formula is C8H9N3S2. The largest absolute Gasteiger partial charge is 0.375 e. The van der Waals surface area contributed by atoms with Gasteiger partial charge in [-0.25, -0.2) is 9.97 Å². The summed E-state index contributed by atoms with van der Waals surface area (Å²) in [6.45, 7) is 4.01. The smallest absolute Gasteiger partial charge is 0.180 e. The molecule has 0 aliphatic heterocycles. The zero-order valence-corrected chi connectivity index (χ0v) is 9.00. The quantitative estimate of drug-likeness (QED) is 0.788. The zero-order chi connectivity index (χ0) is 9.42. The summed E-state index contributed by atoms with van der Waals surface area (Å²) < 4.78 is 0. The number of nitrogens with two attached hydrogens (primary N) is 1. The maximum Gasteiger partial charge on any atom is 0.180 e. The van der Waals surface area contributed by atoms with Crippen LogP contribution in [0.4, 0.5) is 5.13 Å². The van der Waals surface area contributed by atoms with Gasteiger partial charge in [-0.05, 0) is 13.8 Å². The fraction of sp³-hybridized carbons (Fsp3) is 0.250. The molecule has 0 atom stereocenters. The van der Waals surface area contributed by atoms with Crippen LogP contribution in [0.25, 0.3) is 10.6 Å². The molecule has 0 fully saturated rings. The molecule has 2 rings (SSSR count). The lowest BCUT2D eigenvalue weighted by atomic mass is 10.3. The lowest BCUT2D eigenvalue weighted by molar-refractivity contribution is 1.29. The standard InChI is InChI=1S/C8H9N3S2/c1-4-7(11-8(9)12-4)6-3-10-5(2)13-6/h3H,1-2H3,(H2,9,11). The molecule has 2 heterocycles. The average Bonchev–Trinajstić information content (AvgIpc) is 2.58. The number of anilines is 1. The van der Waals surface area contributed by atoms with E-state index in [9.17, 15) is 0 Å². The third-order valence-corrected chi connectivity index (χ3v) is 3.39. The van der Waals surface area contributed by atoms with Crippen LogP contribution in [-0.2, 0) is 0 Å². The molecule has 2 aromatic rings. The molecule has 0 saturated carbocycles.